The van der Waals surface area contributed by atoms with Crippen LogP contribution in [0.15, 0.2) is 48.0 Å². The van der Waals surface area contributed by atoms with E-state index < -0.39 is 11.5 Å². The SMILES string of the molecule is CC1(C)Oc2cc(O)ccc2C2C1=CCN1CN(c3cccc(F)n3)CN21. The number of hydrogen-bond acceptors (Lipinski definition) is 6. The molecule has 1 saturated heterocycles. The predicted octanol–water partition coefficient (Wildman–Crippen LogP) is 3.03. The normalized spacial score (nSPS) is 23.9. The van der Waals surface area contributed by atoms with Gasteiger partial charge in [-0.3, -0.25) is 0 Å². The lowest BCUT2D eigenvalue weighted by atomic mass is 9.82. The summed E-state index contributed by atoms with van der Waals surface area (Å²) in [5, 5.41) is 14.4. The first kappa shape index (κ1) is 16.5. The van der Waals surface area contributed by atoms with Crippen molar-refractivity contribution < 1.29 is 14.2 Å². The fourth-order valence-electron chi connectivity index (χ4n) is 4.26. The topological polar surface area (TPSA) is 52.1 Å². The smallest absolute Gasteiger partial charge is 0.214 e. The Bertz CT molecular complexity index is 945. The molecule has 1 atom stereocenters. The number of aromatic nitrogens is 1. The third-order valence-electron chi connectivity index (χ3n) is 5.50. The van der Waals surface area contributed by atoms with Gasteiger partial charge < -0.3 is 14.7 Å². The van der Waals surface area contributed by atoms with Crippen molar-refractivity contribution in [1.82, 2.24) is 15.0 Å². The first-order chi connectivity index (χ1) is 12.9. The van der Waals surface area contributed by atoms with E-state index in [0.717, 1.165) is 12.1 Å². The van der Waals surface area contributed by atoms with Gasteiger partial charge in [-0.1, -0.05) is 12.1 Å². The van der Waals surface area contributed by atoms with E-state index in [2.05, 4.69) is 39.8 Å². The third kappa shape index (κ3) is 2.57. The molecule has 5 rings (SSSR count). The number of halogens is 1. The van der Waals surface area contributed by atoms with Crippen LogP contribution in [0, 0.1) is 5.95 Å². The van der Waals surface area contributed by atoms with E-state index in [0.29, 0.717) is 24.9 Å². The maximum absolute atomic E-state index is 13.6. The zero-order chi connectivity index (χ0) is 18.8. The number of hydrazine groups is 1. The largest absolute Gasteiger partial charge is 0.508 e. The van der Waals surface area contributed by atoms with Crippen LogP contribution in [-0.4, -0.2) is 45.6 Å². The van der Waals surface area contributed by atoms with Gasteiger partial charge in [-0.05, 0) is 43.7 Å². The lowest BCUT2D eigenvalue weighted by Gasteiger charge is -2.47. The number of phenolic OH excluding ortho intramolecular Hbond substituents is 1. The minimum absolute atomic E-state index is 0.0108. The molecule has 0 saturated carbocycles. The second-order valence-electron chi connectivity index (χ2n) is 7.67. The monoisotopic (exact) mass is 368 g/mol. The number of nitrogens with zero attached hydrogens (tertiary/aromatic N) is 4. The molecule has 0 spiro atoms. The van der Waals surface area contributed by atoms with Crippen molar-refractivity contribution in [3.63, 3.8) is 0 Å². The van der Waals surface area contributed by atoms with Crippen LogP contribution in [0.4, 0.5) is 10.2 Å². The van der Waals surface area contributed by atoms with Gasteiger partial charge in [0.15, 0.2) is 0 Å². The van der Waals surface area contributed by atoms with Crippen LogP contribution >= 0.6 is 0 Å². The number of rotatable bonds is 1. The molecule has 3 aliphatic rings. The molecule has 0 bridgehead atoms. The molecule has 1 aromatic carbocycles. The molecule has 1 aromatic heterocycles. The molecule has 0 aliphatic carbocycles. The van der Waals surface area contributed by atoms with Gasteiger partial charge in [0, 0.05) is 18.2 Å². The van der Waals surface area contributed by atoms with E-state index in [1.54, 1.807) is 18.2 Å². The number of benzene rings is 1. The van der Waals surface area contributed by atoms with Crippen LogP contribution in [-0.2, 0) is 0 Å². The highest BCUT2D eigenvalue weighted by Gasteiger charge is 2.47. The van der Waals surface area contributed by atoms with Gasteiger partial charge in [-0.25, -0.2) is 15.0 Å². The minimum atomic E-state index is -0.473. The molecule has 2 aromatic rings. The van der Waals surface area contributed by atoms with Crippen LogP contribution in [0.5, 0.6) is 11.5 Å². The summed E-state index contributed by atoms with van der Waals surface area (Å²) in [7, 11) is 0. The summed E-state index contributed by atoms with van der Waals surface area (Å²) in [5.41, 5.74) is 1.75. The van der Waals surface area contributed by atoms with Gasteiger partial charge in [-0.2, -0.15) is 4.39 Å². The molecule has 1 unspecified atom stereocenters. The number of aromatic hydroxyl groups is 1. The molecule has 1 N–H and O–H groups in total. The Labute approximate surface area is 157 Å². The lowest BCUT2D eigenvalue weighted by molar-refractivity contribution is -0.0297. The standard InChI is InChI=1S/C20H21FN4O2/c1-20(2)15-8-9-24-11-23(18-5-3-4-17(21)22-18)12-25(24)19(15)14-7-6-13(26)10-16(14)27-20/h3-8,10,19,26H,9,11-12H2,1-2H3. The molecule has 6 nitrogen and oxygen atoms in total. The summed E-state index contributed by atoms with van der Waals surface area (Å²) in [4.78, 5) is 6.09. The van der Waals surface area contributed by atoms with Crippen LogP contribution in [0.1, 0.15) is 25.5 Å². The summed E-state index contributed by atoms with van der Waals surface area (Å²) in [6.07, 6.45) is 2.22. The third-order valence-corrected chi connectivity index (χ3v) is 5.50. The van der Waals surface area contributed by atoms with Gasteiger partial charge >= 0.3 is 0 Å². The van der Waals surface area contributed by atoms with E-state index in [-0.39, 0.29) is 11.8 Å². The summed E-state index contributed by atoms with van der Waals surface area (Å²) in [6.45, 7) is 6.12. The van der Waals surface area contributed by atoms with Gasteiger partial charge in [-0.15, -0.1) is 0 Å². The molecule has 0 radical (unpaired) electrons. The van der Waals surface area contributed by atoms with Crippen LogP contribution < -0.4 is 9.64 Å². The fraction of sp³-hybridized carbons (Fsp3) is 0.350. The van der Waals surface area contributed by atoms with Crippen LogP contribution in [0.25, 0.3) is 0 Å². The van der Waals surface area contributed by atoms with E-state index in [9.17, 15) is 9.50 Å². The second-order valence-corrected chi connectivity index (χ2v) is 7.67. The maximum Gasteiger partial charge on any atom is 0.214 e. The number of hydrogen-bond donors (Lipinski definition) is 1. The maximum atomic E-state index is 13.6. The number of ether oxygens (including phenoxy) is 1. The van der Waals surface area contributed by atoms with Gasteiger partial charge in [0.1, 0.15) is 22.9 Å². The molecule has 140 valence electrons. The Morgan fingerprint density at radius 3 is 2.89 bits per heavy atom. The van der Waals surface area contributed by atoms with Gasteiger partial charge in [0.05, 0.1) is 19.4 Å². The second kappa shape index (κ2) is 5.68. The zero-order valence-corrected chi connectivity index (χ0v) is 15.3. The van der Waals surface area contributed by atoms with Gasteiger partial charge in [0.25, 0.3) is 0 Å². The predicted molar refractivity (Wildman–Crippen MR) is 98.6 cm³/mol. The Morgan fingerprint density at radius 1 is 1.22 bits per heavy atom. The van der Waals surface area contributed by atoms with Crippen molar-refractivity contribution in [2.45, 2.75) is 25.5 Å². The van der Waals surface area contributed by atoms with E-state index >= 15 is 0 Å². The minimum Gasteiger partial charge on any atom is -0.508 e. The molecule has 7 heteroatoms. The van der Waals surface area contributed by atoms with E-state index in [1.165, 1.54) is 11.6 Å². The van der Waals surface area contributed by atoms with Crippen molar-refractivity contribution in [2.24, 2.45) is 0 Å². The van der Waals surface area contributed by atoms with Crippen molar-refractivity contribution in [3.05, 3.63) is 59.6 Å². The molecular weight excluding hydrogens is 347 g/mol. The summed E-state index contributed by atoms with van der Waals surface area (Å²) in [5.74, 6) is 1.05. The zero-order valence-electron chi connectivity index (χ0n) is 15.3. The number of pyridine rings is 1. The lowest BCUT2D eigenvalue weighted by Crippen LogP contribution is -2.51. The highest BCUT2D eigenvalue weighted by atomic mass is 19.1. The molecule has 0 amide bonds. The van der Waals surface area contributed by atoms with Crippen molar-refractivity contribution >= 4 is 5.82 Å². The van der Waals surface area contributed by atoms with Crippen LogP contribution in [0.3, 0.4) is 0 Å². The average Bonchev–Trinajstić information content (AvgIpc) is 3.05. The summed E-state index contributed by atoms with van der Waals surface area (Å²) in [6, 6.07) is 10.2. The summed E-state index contributed by atoms with van der Waals surface area (Å²) >= 11 is 0. The molecule has 4 heterocycles. The Morgan fingerprint density at radius 2 is 2.07 bits per heavy atom. The average molecular weight is 368 g/mol. The highest BCUT2D eigenvalue weighted by Crippen LogP contribution is 2.50. The van der Waals surface area contributed by atoms with E-state index in [4.69, 9.17) is 4.74 Å². The van der Waals surface area contributed by atoms with Crippen LogP contribution in [0.2, 0.25) is 0 Å². The van der Waals surface area contributed by atoms with Crippen molar-refractivity contribution in [3.8, 4) is 11.5 Å². The number of fused-ring (bicyclic) bond motifs is 5. The molecule has 1 fully saturated rings. The molecule has 3 aliphatic heterocycles. The molecule has 27 heavy (non-hydrogen) atoms. The fourth-order valence-corrected chi connectivity index (χ4v) is 4.26. The Balaban J connectivity index is 1.55. The quantitative estimate of drug-likeness (QED) is 0.617. The Hall–Kier alpha value is -2.64. The van der Waals surface area contributed by atoms with E-state index in [1.807, 2.05) is 12.1 Å². The highest BCUT2D eigenvalue weighted by molar-refractivity contribution is 5.51. The van der Waals surface area contributed by atoms with Gasteiger partial charge in [0.2, 0.25) is 5.95 Å². The Kier molecular flexibility index (Phi) is 3.47. The molecular formula is C20H21FN4O2. The summed E-state index contributed by atoms with van der Waals surface area (Å²) < 4.78 is 19.8. The first-order valence-electron chi connectivity index (χ1n) is 9.04. The first-order valence-corrected chi connectivity index (χ1v) is 9.04. The number of anilines is 1. The van der Waals surface area contributed by atoms with Crippen molar-refractivity contribution in [2.75, 3.05) is 24.8 Å². The van der Waals surface area contributed by atoms with Crippen molar-refractivity contribution in [1.29, 1.82) is 0 Å². The number of phenols is 1.